The maximum absolute atomic E-state index is 12.7. The lowest BCUT2D eigenvalue weighted by atomic mass is 10.1. The van der Waals surface area contributed by atoms with Gasteiger partial charge in [-0.25, -0.2) is 9.59 Å². The fraction of sp³-hybridized carbons (Fsp3) is 0.240. The third kappa shape index (κ3) is 5.62. The van der Waals surface area contributed by atoms with Crippen LogP contribution in [0.3, 0.4) is 0 Å². The summed E-state index contributed by atoms with van der Waals surface area (Å²) in [6.07, 6.45) is 0. The Kier molecular flexibility index (Phi) is 7.56. The van der Waals surface area contributed by atoms with Crippen LogP contribution in [0.1, 0.15) is 20.0 Å². The molecule has 1 amide bonds. The average molecular weight is 481 g/mol. The summed E-state index contributed by atoms with van der Waals surface area (Å²) in [4.78, 5) is 39.1. The van der Waals surface area contributed by atoms with Crippen LogP contribution in [-0.2, 0) is 19.0 Å². The van der Waals surface area contributed by atoms with Crippen LogP contribution in [0.5, 0.6) is 0 Å². The number of carbonyl (C=O) groups is 3. The zero-order chi connectivity index (χ0) is 23.9. The summed E-state index contributed by atoms with van der Waals surface area (Å²) in [7, 11) is 1.30. The molecule has 0 atom stereocenters. The highest BCUT2D eigenvalue weighted by Gasteiger charge is 2.23. The lowest BCUT2D eigenvalue weighted by Gasteiger charge is -2.28. The smallest absolute Gasteiger partial charge is 0.348 e. The van der Waals surface area contributed by atoms with Gasteiger partial charge < -0.3 is 24.4 Å². The number of thiophene rings is 1. The Bertz CT molecular complexity index is 1150. The molecule has 9 heteroatoms. The Morgan fingerprint density at radius 2 is 1.71 bits per heavy atom. The van der Waals surface area contributed by atoms with Gasteiger partial charge in [0.25, 0.3) is 5.91 Å². The van der Waals surface area contributed by atoms with Crippen molar-refractivity contribution in [3.05, 3.63) is 71.1 Å². The highest BCUT2D eigenvalue weighted by atomic mass is 32.1. The summed E-state index contributed by atoms with van der Waals surface area (Å²) in [6.45, 7) is 2.32. The lowest BCUT2D eigenvalue weighted by Crippen LogP contribution is -2.35. The van der Waals surface area contributed by atoms with Gasteiger partial charge in [0, 0.05) is 24.3 Å². The quantitative estimate of drug-likeness (QED) is 0.514. The van der Waals surface area contributed by atoms with Crippen molar-refractivity contribution in [2.24, 2.45) is 0 Å². The van der Waals surface area contributed by atoms with Crippen molar-refractivity contribution < 1.29 is 28.6 Å². The molecule has 1 N–H and O–H groups in total. The number of nitrogens with one attached hydrogen (secondary N) is 1. The summed E-state index contributed by atoms with van der Waals surface area (Å²) < 4.78 is 15.4. The maximum atomic E-state index is 12.7. The van der Waals surface area contributed by atoms with Gasteiger partial charge in [-0.2, -0.15) is 0 Å². The van der Waals surface area contributed by atoms with Gasteiger partial charge in [-0.15, -0.1) is 11.3 Å². The van der Waals surface area contributed by atoms with E-state index in [1.54, 1.807) is 12.1 Å². The summed E-state index contributed by atoms with van der Waals surface area (Å²) >= 11 is 1.35. The van der Waals surface area contributed by atoms with E-state index in [1.165, 1.54) is 30.6 Å². The molecule has 4 rings (SSSR count). The Morgan fingerprint density at radius 1 is 1.00 bits per heavy atom. The maximum Gasteiger partial charge on any atom is 0.348 e. The molecule has 0 radical (unpaired) electrons. The lowest BCUT2D eigenvalue weighted by molar-refractivity contribution is -0.119. The van der Waals surface area contributed by atoms with E-state index >= 15 is 0 Å². The molecule has 3 aromatic rings. The molecule has 1 fully saturated rings. The zero-order valence-electron chi connectivity index (χ0n) is 18.6. The largest absolute Gasteiger partial charge is 0.465 e. The fourth-order valence-corrected chi connectivity index (χ4v) is 4.64. The molecular weight excluding hydrogens is 456 g/mol. The number of benzene rings is 2. The number of methoxy groups -OCH3 is 1. The first-order chi connectivity index (χ1) is 16.5. The number of esters is 2. The summed E-state index contributed by atoms with van der Waals surface area (Å²) in [5.74, 6) is -1.50. The molecule has 34 heavy (non-hydrogen) atoms. The monoisotopic (exact) mass is 480 g/mol. The van der Waals surface area contributed by atoms with Crippen molar-refractivity contribution in [1.29, 1.82) is 0 Å². The first-order valence-electron chi connectivity index (χ1n) is 10.7. The minimum atomic E-state index is -0.558. The molecule has 2 aromatic carbocycles. The molecule has 176 valence electrons. The van der Waals surface area contributed by atoms with Gasteiger partial charge in [0.15, 0.2) is 6.61 Å². The Balaban J connectivity index is 1.42. The van der Waals surface area contributed by atoms with Crippen LogP contribution in [-0.4, -0.2) is 57.9 Å². The highest BCUT2D eigenvalue weighted by Crippen LogP contribution is 2.39. The van der Waals surface area contributed by atoms with Crippen LogP contribution in [0.15, 0.2) is 60.7 Å². The molecule has 0 spiro atoms. The third-order valence-corrected chi connectivity index (χ3v) is 6.40. The Labute approximate surface area is 201 Å². The second-order valence-electron chi connectivity index (χ2n) is 7.49. The van der Waals surface area contributed by atoms with Gasteiger partial charge in [0.1, 0.15) is 4.88 Å². The number of hydrogen-bond donors (Lipinski definition) is 1. The minimum absolute atomic E-state index is 0.370. The van der Waals surface area contributed by atoms with Crippen LogP contribution < -0.4 is 10.2 Å². The molecule has 1 aliphatic rings. The number of anilines is 2. The molecular formula is C25H24N2O6S. The molecule has 1 aromatic heterocycles. The minimum Gasteiger partial charge on any atom is -0.465 e. The van der Waals surface area contributed by atoms with Crippen molar-refractivity contribution in [3.63, 3.8) is 0 Å². The molecule has 1 aliphatic heterocycles. The molecule has 0 bridgehead atoms. The predicted octanol–water partition coefficient (Wildman–Crippen LogP) is 3.83. The van der Waals surface area contributed by atoms with Crippen molar-refractivity contribution in [3.8, 4) is 11.1 Å². The van der Waals surface area contributed by atoms with Crippen LogP contribution in [0, 0.1) is 0 Å². The van der Waals surface area contributed by atoms with Gasteiger partial charge in [-0.05, 0) is 35.9 Å². The summed E-state index contributed by atoms with van der Waals surface area (Å²) in [5, 5.41) is 3.62. The van der Waals surface area contributed by atoms with Crippen LogP contribution in [0.25, 0.3) is 11.1 Å². The number of nitrogens with zero attached hydrogens (tertiary/aromatic N) is 1. The van der Waals surface area contributed by atoms with Crippen molar-refractivity contribution in [2.75, 3.05) is 50.2 Å². The number of carbonyl (C=O) groups excluding carboxylic acids is 3. The van der Waals surface area contributed by atoms with Crippen LogP contribution in [0.4, 0.5) is 10.7 Å². The van der Waals surface area contributed by atoms with Crippen LogP contribution >= 0.6 is 11.3 Å². The first kappa shape index (κ1) is 23.5. The predicted molar refractivity (Wildman–Crippen MR) is 129 cm³/mol. The second-order valence-corrected chi connectivity index (χ2v) is 8.52. The second kappa shape index (κ2) is 11.0. The van der Waals surface area contributed by atoms with E-state index < -0.39 is 24.5 Å². The number of ether oxygens (including phenoxy) is 3. The number of amides is 1. The molecule has 2 heterocycles. The SMILES string of the molecule is COC(=O)c1ccc(NC(=O)COC(=O)c2cc(-c3ccccc3)c(N3CCOCC3)s2)cc1. The topological polar surface area (TPSA) is 94.2 Å². The molecule has 0 saturated carbocycles. The molecule has 0 aliphatic carbocycles. The van der Waals surface area contributed by atoms with Gasteiger partial charge in [0.05, 0.1) is 30.9 Å². The van der Waals surface area contributed by atoms with Crippen molar-refractivity contribution in [2.45, 2.75) is 0 Å². The number of morpholine rings is 1. The molecule has 8 nitrogen and oxygen atoms in total. The van der Waals surface area contributed by atoms with Gasteiger partial charge in [-0.1, -0.05) is 30.3 Å². The van der Waals surface area contributed by atoms with E-state index in [2.05, 4.69) is 15.0 Å². The van der Waals surface area contributed by atoms with Crippen LogP contribution in [0.2, 0.25) is 0 Å². The standard InChI is InChI=1S/C25H24N2O6S/c1-31-24(29)18-7-9-19(10-8-18)26-22(28)16-33-25(30)21-15-20(17-5-3-2-4-6-17)23(34-21)27-11-13-32-14-12-27/h2-10,15H,11-14,16H2,1H3,(H,26,28). The van der Waals surface area contributed by atoms with E-state index in [-0.39, 0.29) is 0 Å². The molecule has 0 unspecified atom stereocenters. The van der Waals surface area contributed by atoms with E-state index in [0.29, 0.717) is 29.3 Å². The highest BCUT2D eigenvalue weighted by molar-refractivity contribution is 7.18. The normalized spacial score (nSPS) is 13.3. The zero-order valence-corrected chi connectivity index (χ0v) is 19.4. The third-order valence-electron chi connectivity index (χ3n) is 5.22. The van der Waals surface area contributed by atoms with E-state index in [1.807, 2.05) is 36.4 Å². The van der Waals surface area contributed by atoms with E-state index in [9.17, 15) is 14.4 Å². The van der Waals surface area contributed by atoms with Gasteiger partial charge in [0.2, 0.25) is 0 Å². The molecule has 1 saturated heterocycles. The fourth-order valence-electron chi connectivity index (χ4n) is 3.51. The Hall–Kier alpha value is -3.69. The summed E-state index contributed by atoms with van der Waals surface area (Å²) in [6, 6.07) is 17.9. The van der Waals surface area contributed by atoms with Crippen molar-refractivity contribution >= 4 is 39.9 Å². The van der Waals surface area contributed by atoms with E-state index in [0.717, 1.165) is 29.2 Å². The van der Waals surface area contributed by atoms with E-state index in [4.69, 9.17) is 9.47 Å². The average Bonchev–Trinajstić information content (AvgIpc) is 3.34. The van der Waals surface area contributed by atoms with Crippen molar-refractivity contribution in [1.82, 2.24) is 0 Å². The number of hydrogen-bond acceptors (Lipinski definition) is 8. The first-order valence-corrected chi connectivity index (χ1v) is 11.5. The van der Waals surface area contributed by atoms with Gasteiger partial charge in [-0.3, -0.25) is 4.79 Å². The number of rotatable bonds is 7. The summed E-state index contributed by atoms with van der Waals surface area (Å²) in [5.41, 5.74) is 2.81. The van der Waals surface area contributed by atoms with Gasteiger partial charge >= 0.3 is 11.9 Å². The Morgan fingerprint density at radius 3 is 2.38 bits per heavy atom.